The summed E-state index contributed by atoms with van der Waals surface area (Å²) in [6.45, 7) is 24.4. The van der Waals surface area contributed by atoms with Gasteiger partial charge in [0.2, 0.25) is 11.9 Å². The molecule has 2 atom stereocenters. The van der Waals surface area contributed by atoms with Crippen molar-refractivity contribution in [2.45, 2.75) is 131 Å². The van der Waals surface area contributed by atoms with E-state index in [0.29, 0.717) is 98.8 Å². The van der Waals surface area contributed by atoms with Gasteiger partial charge in [0, 0.05) is 100 Å². The van der Waals surface area contributed by atoms with Crippen molar-refractivity contribution in [1.82, 2.24) is 39.5 Å². The molecule has 0 saturated carbocycles. The Labute approximate surface area is 489 Å². The van der Waals surface area contributed by atoms with Gasteiger partial charge in [0.25, 0.3) is 0 Å². The van der Waals surface area contributed by atoms with Gasteiger partial charge in [-0.25, -0.2) is 38.7 Å². The number of carbonyl (C=O) groups is 6. The van der Waals surface area contributed by atoms with Crippen LogP contribution in [-0.4, -0.2) is 187 Å². The minimum Gasteiger partial charge on any atom is -0.458 e. The Kier molecular flexibility index (Phi) is 23.9. The van der Waals surface area contributed by atoms with Crippen LogP contribution in [0.25, 0.3) is 0 Å². The van der Waals surface area contributed by atoms with E-state index in [2.05, 4.69) is 30.9 Å². The van der Waals surface area contributed by atoms with E-state index in [1.807, 2.05) is 82.5 Å². The number of hydrogen-bond donors (Lipinski definition) is 3. The quantitative estimate of drug-likeness (QED) is 0.0699. The summed E-state index contributed by atoms with van der Waals surface area (Å²) in [5.41, 5.74) is 0.941. The van der Waals surface area contributed by atoms with Crippen LogP contribution in [0.2, 0.25) is 0 Å². The number of benzene rings is 2. The minimum atomic E-state index is -0.846. The lowest BCUT2D eigenvalue weighted by Gasteiger charge is -2.28. The molecule has 2 aromatic carbocycles. The molecule has 2 aliphatic heterocycles. The lowest BCUT2D eigenvalue weighted by Crippen LogP contribution is -2.40. The van der Waals surface area contributed by atoms with Crippen LogP contribution in [0.4, 0.5) is 54.1 Å². The first-order valence-electron chi connectivity index (χ1n) is 28.5. The van der Waals surface area contributed by atoms with Gasteiger partial charge in [-0.15, -0.1) is 0 Å². The highest BCUT2D eigenvalue weighted by Crippen LogP contribution is 2.29. The summed E-state index contributed by atoms with van der Waals surface area (Å²) in [5, 5.41) is 9.27. The van der Waals surface area contributed by atoms with Crippen molar-refractivity contribution in [2.75, 3.05) is 118 Å². The van der Waals surface area contributed by atoms with E-state index in [-0.39, 0.29) is 37.1 Å². The molecular weight excluding hydrogens is 1060 g/mol. The average molecular weight is 1150 g/mol. The SMILES string of the molecule is CCN(CC)c1ncc(N(C)C(=O)N(C)C)c(N[C@@H](Cc2ccc(OC(=O)N3CCCC3)cc2)C(=O)OC(C)(C)C)n1.CCN(CC)c1ncc(NC(=O)N(C)C)c(N[C@@H](Cc2ccc(OC(=O)N3CCCC3)cc2)C(=O)OC(C)(C)C)n1. The Morgan fingerprint density at radius 1 is 0.554 bits per heavy atom. The molecule has 2 aromatic heterocycles. The number of nitrogens with zero attached hydrogens (tertiary/aromatic N) is 11. The Morgan fingerprint density at radius 3 is 1.31 bits per heavy atom. The number of ether oxygens (including phenoxy) is 4. The fourth-order valence-corrected chi connectivity index (χ4v) is 8.69. The van der Waals surface area contributed by atoms with E-state index < -0.39 is 35.2 Å². The highest BCUT2D eigenvalue weighted by atomic mass is 16.6. The number of hydrogen-bond acceptors (Lipinski definition) is 18. The van der Waals surface area contributed by atoms with Gasteiger partial charge in [0.1, 0.15) is 46.2 Å². The van der Waals surface area contributed by atoms with Gasteiger partial charge < -0.3 is 64.3 Å². The minimum absolute atomic E-state index is 0.251. The summed E-state index contributed by atoms with van der Waals surface area (Å²) >= 11 is 0. The van der Waals surface area contributed by atoms with Crippen molar-refractivity contribution in [1.29, 1.82) is 0 Å². The molecule has 6 amide bonds. The predicted octanol–water partition coefficient (Wildman–Crippen LogP) is 8.78. The molecule has 2 saturated heterocycles. The van der Waals surface area contributed by atoms with Crippen molar-refractivity contribution in [3.05, 3.63) is 72.1 Å². The number of rotatable bonds is 20. The van der Waals surface area contributed by atoms with Gasteiger partial charge in [-0.1, -0.05) is 24.3 Å². The molecule has 0 unspecified atom stereocenters. The second kappa shape index (κ2) is 30.2. The molecule has 2 fully saturated rings. The molecule has 6 rings (SSSR count). The molecule has 24 heteroatoms. The monoisotopic (exact) mass is 1150 g/mol. The molecule has 0 radical (unpaired) electrons. The summed E-state index contributed by atoms with van der Waals surface area (Å²) in [7, 11) is 8.21. The van der Waals surface area contributed by atoms with E-state index in [9.17, 15) is 28.8 Å². The van der Waals surface area contributed by atoms with E-state index in [4.69, 9.17) is 23.9 Å². The maximum atomic E-state index is 13.5. The Balaban J connectivity index is 0.000000304. The fourth-order valence-electron chi connectivity index (χ4n) is 8.69. The zero-order chi connectivity index (χ0) is 61.2. The van der Waals surface area contributed by atoms with Crippen LogP contribution < -0.4 is 40.1 Å². The lowest BCUT2D eigenvalue weighted by atomic mass is 10.0. The van der Waals surface area contributed by atoms with Crippen LogP contribution in [0.15, 0.2) is 60.9 Å². The number of esters is 2. The summed E-state index contributed by atoms with van der Waals surface area (Å²) in [5.74, 6) is 1.48. The van der Waals surface area contributed by atoms with Gasteiger partial charge in [-0.05, 0) is 130 Å². The topological polar surface area (TPSA) is 250 Å². The molecule has 4 aromatic rings. The second-order valence-electron chi connectivity index (χ2n) is 22.5. The maximum absolute atomic E-state index is 13.5. The van der Waals surface area contributed by atoms with Crippen LogP contribution >= 0.6 is 0 Å². The summed E-state index contributed by atoms with van der Waals surface area (Å²) in [4.78, 5) is 107. The van der Waals surface area contributed by atoms with E-state index in [0.717, 1.165) is 36.8 Å². The predicted molar refractivity (Wildman–Crippen MR) is 322 cm³/mol. The fraction of sp³-hybridized carbons (Fsp3) is 0.559. The molecule has 2 aliphatic rings. The molecule has 83 heavy (non-hydrogen) atoms. The third kappa shape index (κ3) is 20.0. The Bertz CT molecular complexity index is 2780. The first kappa shape index (κ1) is 65.6. The second-order valence-corrected chi connectivity index (χ2v) is 22.5. The molecule has 3 N–H and O–H groups in total. The van der Waals surface area contributed by atoms with Gasteiger partial charge >= 0.3 is 36.2 Å². The first-order valence-corrected chi connectivity index (χ1v) is 28.5. The smallest absolute Gasteiger partial charge is 0.415 e. The maximum Gasteiger partial charge on any atom is 0.415 e. The Hall–Kier alpha value is -8.18. The van der Waals surface area contributed by atoms with Crippen LogP contribution in [0.3, 0.4) is 0 Å². The number of aromatic nitrogens is 4. The molecule has 24 nitrogen and oxygen atoms in total. The van der Waals surface area contributed by atoms with Crippen LogP contribution in [0, 0.1) is 0 Å². The highest BCUT2D eigenvalue weighted by molar-refractivity contribution is 5.95. The number of anilines is 6. The summed E-state index contributed by atoms with van der Waals surface area (Å²) < 4.78 is 22.5. The van der Waals surface area contributed by atoms with Gasteiger partial charge in [-0.2, -0.15) is 9.97 Å². The van der Waals surface area contributed by atoms with E-state index in [1.165, 1.54) is 20.9 Å². The van der Waals surface area contributed by atoms with Gasteiger partial charge in [0.15, 0.2) is 11.6 Å². The Morgan fingerprint density at radius 2 is 0.940 bits per heavy atom. The third-order valence-corrected chi connectivity index (χ3v) is 13.2. The first-order chi connectivity index (χ1) is 39.2. The number of likely N-dealkylation sites (tertiary alicyclic amines) is 2. The third-order valence-electron chi connectivity index (χ3n) is 13.2. The molecule has 4 heterocycles. The van der Waals surface area contributed by atoms with Crippen molar-refractivity contribution in [2.24, 2.45) is 0 Å². The zero-order valence-corrected chi connectivity index (χ0v) is 51.3. The van der Waals surface area contributed by atoms with Crippen molar-refractivity contribution in [3.63, 3.8) is 0 Å². The largest absolute Gasteiger partial charge is 0.458 e. The zero-order valence-electron chi connectivity index (χ0n) is 51.3. The molecular formula is C59H88N14O10. The number of amides is 6. The standard InChI is InChI=1S/C30H45N7O5.C29H43N7O5/c1-9-36(10-2)27-31-20-24(35(8)28(39)34(6)7)25(33-27)32-23(26(38)42-30(3,4)5)19-21-13-15-22(16-14-21)41-29(40)37-17-11-12-18-37;1-8-35(9-2)26-30-19-23(32-27(38)34(6)7)24(33-26)31-22(25(37)41-29(3,4)5)18-20-12-14-21(15-13-20)40-28(39)36-16-10-11-17-36/h13-16,20,23H,9-12,17-19H2,1-8H3,(H,31,32,33);12-15,19,22H,8-11,16-18H2,1-7H3,(H,32,38)(H,30,31,33)/t23-;22-/m00/s1. The number of nitrogens with one attached hydrogen (secondary N) is 3. The average Bonchev–Trinajstić information content (AvgIpc) is 4.36. The summed E-state index contributed by atoms with van der Waals surface area (Å²) in [6, 6.07) is 11.8. The van der Waals surface area contributed by atoms with Crippen LogP contribution in [0.5, 0.6) is 11.5 Å². The van der Waals surface area contributed by atoms with Crippen molar-refractivity contribution < 1.29 is 47.7 Å². The number of urea groups is 2. The van der Waals surface area contributed by atoms with Gasteiger partial charge in [-0.3, -0.25) is 4.90 Å². The molecule has 454 valence electrons. The van der Waals surface area contributed by atoms with E-state index >= 15 is 0 Å². The van der Waals surface area contributed by atoms with Gasteiger partial charge in [0.05, 0.1) is 12.4 Å². The lowest BCUT2D eigenvalue weighted by molar-refractivity contribution is -0.156. The van der Waals surface area contributed by atoms with Crippen molar-refractivity contribution in [3.8, 4) is 11.5 Å². The highest BCUT2D eigenvalue weighted by Gasteiger charge is 2.31. The van der Waals surface area contributed by atoms with Crippen molar-refractivity contribution >= 4 is 71.1 Å². The summed E-state index contributed by atoms with van der Waals surface area (Å²) in [6.07, 6.45) is 6.83. The van der Waals surface area contributed by atoms with Crippen LogP contribution in [0.1, 0.15) is 106 Å². The number of carbonyl (C=O) groups excluding carboxylic acids is 6. The normalized spacial score (nSPS) is 13.8. The molecule has 0 bridgehead atoms. The molecule has 0 aliphatic carbocycles. The van der Waals surface area contributed by atoms with Crippen LogP contribution in [-0.2, 0) is 31.9 Å². The molecule has 0 spiro atoms. The van der Waals surface area contributed by atoms with E-state index in [1.54, 1.807) is 96.3 Å².